The fourth-order valence-electron chi connectivity index (χ4n) is 2.66. The van der Waals surface area contributed by atoms with Crippen LogP contribution in [0.25, 0.3) is 0 Å². The van der Waals surface area contributed by atoms with Gasteiger partial charge in [-0.05, 0) is 44.9 Å². The number of carboxylic acid groups (broad SMARTS) is 1. The topological polar surface area (TPSA) is 37.3 Å². The van der Waals surface area contributed by atoms with Gasteiger partial charge in [0.1, 0.15) is 0 Å². The van der Waals surface area contributed by atoms with Gasteiger partial charge >= 0.3 is 5.97 Å². The first-order chi connectivity index (χ1) is 12.8. The Labute approximate surface area is 161 Å². The first-order valence-electron chi connectivity index (χ1n) is 10.6. The van der Waals surface area contributed by atoms with Crippen LogP contribution in [0.2, 0.25) is 0 Å². The Bertz CT molecular complexity index is 416. The van der Waals surface area contributed by atoms with Gasteiger partial charge < -0.3 is 5.11 Å². The lowest BCUT2D eigenvalue weighted by molar-refractivity contribution is -0.136. The SMILES string of the molecule is CCCCC/C=C/CCCCCCCC/C=C/C=C/C=C/CCC(=O)O. The average molecular weight is 361 g/mol. The van der Waals surface area contributed by atoms with Crippen molar-refractivity contribution in [3.63, 3.8) is 0 Å². The fourth-order valence-corrected chi connectivity index (χ4v) is 2.66. The van der Waals surface area contributed by atoms with Gasteiger partial charge in [0.2, 0.25) is 0 Å². The maximum absolute atomic E-state index is 10.3. The molecule has 0 aromatic rings. The van der Waals surface area contributed by atoms with E-state index in [1.165, 1.54) is 70.6 Å². The number of hydrogen-bond acceptors (Lipinski definition) is 1. The summed E-state index contributed by atoms with van der Waals surface area (Å²) in [6.07, 6.45) is 33.3. The van der Waals surface area contributed by atoms with E-state index in [1.807, 2.05) is 24.3 Å². The predicted octanol–water partition coefficient (Wildman–Crippen LogP) is 7.78. The Morgan fingerprint density at radius 3 is 1.62 bits per heavy atom. The summed E-state index contributed by atoms with van der Waals surface area (Å²) in [5.41, 5.74) is 0. The van der Waals surface area contributed by atoms with Crippen LogP contribution in [0.4, 0.5) is 0 Å². The summed E-state index contributed by atoms with van der Waals surface area (Å²) in [6.45, 7) is 2.25. The van der Waals surface area contributed by atoms with Gasteiger partial charge in [-0.2, -0.15) is 0 Å². The molecule has 0 aromatic carbocycles. The maximum atomic E-state index is 10.3. The van der Waals surface area contributed by atoms with E-state index in [0.717, 1.165) is 6.42 Å². The minimum atomic E-state index is -0.742. The predicted molar refractivity (Wildman–Crippen MR) is 115 cm³/mol. The molecule has 0 fully saturated rings. The maximum Gasteiger partial charge on any atom is 0.303 e. The van der Waals surface area contributed by atoms with E-state index < -0.39 is 5.97 Å². The highest BCUT2D eigenvalue weighted by molar-refractivity contribution is 5.66. The largest absolute Gasteiger partial charge is 0.481 e. The summed E-state index contributed by atoms with van der Waals surface area (Å²) < 4.78 is 0. The molecule has 0 atom stereocenters. The zero-order chi connectivity index (χ0) is 19.1. The molecule has 0 heterocycles. The van der Waals surface area contributed by atoms with Crippen molar-refractivity contribution in [1.29, 1.82) is 0 Å². The summed E-state index contributed by atoms with van der Waals surface area (Å²) in [6, 6.07) is 0. The minimum absolute atomic E-state index is 0.204. The lowest BCUT2D eigenvalue weighted by Gasteiger charge is -1.99. The zero-order valence-corrected chi connectivity index (χ0v) is 16.9. The highest BCUT2D eigenvalue weighted by Crippen LogP contribution is 2.09. The molecule has 0 saturated carbocycles. The Morgan fingerprint density at radius 1 is 0.615 bits per heavy atom. The molecule has 0 aliphatic heterocycles. The Balaban J connectivity index is 3.29. The third-order valence-electron chi connectivity index (χ3n) is 4.26. The van der Waals surface area contributed by atoms with Gasteiger partial charge in [-0.1, -0.05) is 94.1 Å². The van der Waals surface area contributed by atoms with Crippen LogP contribution in [0, 0.1) is 0 Å². The van der Waals surface area contributed by atoms with Gasteiger partial charge in [0.05, 0.1) is 0 Å². The van der Waals surface area contributed by atoms with Gasteiger partial charge in [0.15, 0.2) is 0 Å². The molecule has 0 aromatic heterocycles. The van der Waals surface area contributed by atoms with E-state index in [-0.39, 0.29) is 6.42 Å². The lowest BCUT2D eigenvalue weighted by Crippen LogP contribution is -1.91. The van der Waals surface area contributed by atoms with Gasteiger partial charge in [-0.15, -0.1) is 0 Å². The van der Waals surface area contributed by atoms with Crippen molar-refractivity contribution in [3.05, 3.63) is 48.6 Å². The number of hydrogen-bond donors (Lipinski definition) is 1. The highest BCUT2D eigenvalue weighted by atomic mass is 16.4. The van der Waals surface area contributed by atoms with Crippen LogP contribution in [0.1, 0.15) is 96.8 Å². The summed E-state index contributed by atoms with van der Waals surface area (Å²) >= 11 is 0. The molecule has 0 radical (unpaired) electrons. The third-order valence-corrected chi connectivity index (χ3v) is 4.26. The van der Waals surface area contributed by atoms with Crippen molar-refractivity contribution in [2.45, 2.75) is 96.8 Å². The quantitative estimate of drug-likeness (QED) is 0.154. The van der Waals surface area contributed by atoms with Crippen LogP contribution < -0.4 is 0 Å². The van der Waals surface area contributed by atoms with E-state index in [2.05, 4.69) is 31.2 Å². The monoisotopic (exact) mass is 360 g/mol. The van der Waals surface area contributed by atoms with Crippen LogP contribution in [-0.4, -0.2) is 11.1 Å². The second kappa shape index (κ2) is 21.5. The number of unbranched alkanes of at least 4 members (excludes halogenated alkanes) is 10. The molecule has 0 amide bonds. The van der Waals surface area contributed by atoms with Crippen LogP contribution in [0.3, 0.4) is 0 Å². The van der Waals surface area contributed by atoms with Crippen molar-refractivity contribution in [2.75, 3.05) is 0 Å². The van der Waals surface area contributed by atoms with Crippen LogP contribution in [0.15, 0.2) is 48.6 Å². The highest BCUT2D eigenvalue weighted by Gasteiger charge is 1.91. The molecule has 2 heteroatoms. The normalized spacial score (nSPS) is 12.3. The molecule has 0 saturated heterocycles. The molecular formula is C24H40O2. The molecule has 0 spiro atoms. The van der Waals surface area contributed by atoms with E-state index in [0.29, 0.717) is 6.42 Å². The van der Waals surface area contributed by atoms with Crippen molar-refractivity contribution in [2.24, 2.45) is 0 Å². The van der Waals surface area contributed by atoms with Gasteiger partial charge in [0, 0.05) is 6.42 Å². The number of rotatable bonds is 18. The van der Waals surface area contributed by atoms with E-state index in [9.17, 15) is 4.79 Å². The molecule has 1 N–H and O–H groups in total. The molecule has 0 rings (SSSR count). The smallest absolute Gasteiger partial charge is 0.303 e. The lowest BCUT2D eigenvalue weighted by atomic mass is 10.1. The Hall–Kier alpha value is -1.57. The summed E-state index contributed by atoms with van der Waals surface area (Å²) in [7, 11) is 0. The first kappa shape index (κ1) is 24.4. The molecule has 0 aliphatic carbocycles. The average Bonchev–Trinajstić information content (AvgIpc) is 2.62. The van der Waals surface area contributed by atoms with Crippen molar-refractivity contribution in [1.82, 2.24) is 0 Å². The minimum Gasteiger partial charge on any atom is -0.481 e. The van der Waals surface area contributed by atoms with E-state index in [1.54, 1.807) is 0 Å². The second-order valence-corrected chi connectivity index (χ2v) is 6.84. The van der Waals surface area contributed by atoms with Crippen LogP contribution >= 0.6 is 0 Å². The van der Waals surface area contributed by atoms with E-state index >= 15 is 0 Å². The molecular weight excluding hydrogens is 320 g/mol. The molecule has 0 aliphatic rings. The van der Waals surface area contributed by atoms with Gasteiger partial charge in [-0.3, -0.25) is 4.79 Å². The van der Waals surface area contributed by atoms with Crippen molar-refractivity contribution >= 4 is 5.97 Å². The molecule has 0 bridgehead atoms. The number of carbonyl (C=O) groups is 1. The number of aliphatic carboxylic acids is 1. The number of allylic oxidation sites excluding steroid dienone is 8. The molecule has 2 nitrogen and oxygen atoms in total. The van der Waals surface area contributed by atoms with Gasteiger partial charge in [-0.25, -0.2) is 0 Å². The molecule has 26 heavy (non-hydrogen) atoms. The van der Waals surface area contributed by atoms with Crippen LogP contribution in [-0.2, 0) is 4.79 Å². The standard InChI is InChI=1S/C24H40O2/c1-2-3-4-5-6-7-8-9-10-11-12-13-14-15-16-17-18-19-20-21-22-23-24(25)26/h6-7,16-21H,2-5,8-15,22-23H2,1H3,(H,25,26)/b7-6+,17-16+,19-18+,21-20+. The second-order valence-electron chi connectivity index (χ2n) is 6.84. The zero-order valence-electron chi connectivity index (χ0n) is 16.9. The van der Waals surface area contributed by atoms with Gasteiger partial charge in [0.25, 0.3) is 0 Å². The van der Waals surface area contributed by atoms with E-state index in [4.69, 9.17) is 5.11 Å². The number of carboxylic acids is 1. The van der Waals surface area contributed by atoms with Crippen molar-refractivity contribution < 1.29 is 9.90 Å². The molecule has 0 unspecified atom stereocenters. The summed E-state index contributed by atoms with van der Waals surface area (Å²) in [5, 5.41) is 8.51. The molecule has 148 valence electrons. The van der Waals surface area contributed by atoms with Crippen molar-refractivity contribution in [3.8, 4) is 0 Å². The van der Waals surface area contributed by atoms with Crippen LogP contribution in [0.5, 0.6) is 0 Å². The summed E-state index contributed by atoms with van der Waals surface area (Å²) in [5.74, 6) is -0.742. The third kappa shape index (κ3) is 22.4. The first-order valence-corrected chi connectivity index (χ1v) is 10.6. The Morgan fingerprint density at radius 2 is 1.08 bits per heavy atom. The fraction of sp³-hybridized carbons (Fsp3) is 0.625. The summed E-state index contributed by atoms with van der Waals surface area (Å²) in [4.78, 5) is 10.3. The Kier molecular flexibility index (Phi) is 20.2.